The molecule has 0 saturated heterocycles. The molecule has 2 aromatic rings. The number of halogens is 1. The molecule has 2 nitrogen and oxygen atoms in total. The number of fused-ring (bicyclic) bond motifs is 1. The molecule has 1 N–H and O–H groups in total. The van der Waals surface area contributed by atoms with Crippen LogP contribution in [0.15, 0.2) is 22.7 Å². The molecule has 0 bridgehead atoms. The molecule has 0 saturated carbocycles. The second kappa shape index (κ2) is 3.70. The van der Waals surface area contributed by atoms with Crippen LogP contribution in [-0.4, -0.2) is 5.11 Å². The van der Waals surface area contributed by atoms with Crippen LogP contribution < -0.4 is 0 Å². The van der Waals surface area contributed by atoms with Crippen molar-refractivity contribution in [2.45, 2.75) is 6.61 Å². The molecule has 4 heteroatoms. The maximum absolute atomic E-state index is 9.01. The van der Waals surface area contributed by atoms with E-state index in [1.165, 1.54) is 11.3 Å². The van der Waals surface area contributed by atoms with Crippen LogP contribution in [0.25, 0.3) is 10.1 Å². The largest absolute Gasteiger partial charge is 0.391 e. The number of nitriles is 1. The molecule has 0 atom stereocenters. The molecule has 0 aliphatic carbocycles. The van der Waals surface area contributed by atoms with E-state index in [2.05, 4.69) is 22.0 Å². The Balaban J connectivity index is 2.83. The Hall–Kier alpha value is -0.890. The summed E-state index contributed by atoms with van der Waals surface area (Å²) in [6, 6.07) is 7.69. The van der Waals surface area contributed by atoms with Gasteiger partial charge >= 0.3 is 0 Å². The lowest BCUT2D eigenvalue weighted by Crippen LogP contribution is -1.74. The molecular formula is C10H6BrNOS. The molecule has 0 aliphatic heterocycles. The van der Waals surface area contributed by atoms with E-state index in [-0.39, 0.29) is 6.61 Å². The summed E-state index contributed by atoms with van der Waals surface area (Å²) in [5, 5.41) is 18.9. The topological polar surface area (TPSA) is 44.0 Å². The summed E-state index contributed by atoms with van der Waals surface area (Å²) in [7, 11) is 0. The molecule has 1 aromatic heterocycles. The van der Waals surface area contributed by atoms with Gasteiger partial charge in [-0.2, -0.15) is 5.26 Å². The minimum atomic E-state index is 0.0245. The van der Waals surface area contributed by atoms with Crippen molar-refractivity contribution in [3.05, 3.63) is 33.1 Å². The third-order valence-electron chi connectivity index (χ3n) is 1.96. The van der Waals surface area contributed by atoms with Gasteiger partial charge in [-0.05, 0) is 18.2 Å². The predicted molar refractivity (Wildman–Crippen MR) is 60.2 cm³/mol. The molecule has 0 radical (unpaired) electrons. The standard InChI is InChI=1S/C10H6BrNOS/c11-9-2-1-6(4-12)10-8(9)3-7(5-13)14-10/h1-3,13H,5H2. The maximum Gasteiger partial charge on any atom is 0.101 e. The molecule has 0 aliphatic rings. The Morgan fingerprint density at radius 1 is 1.50 bits per heavy atom. The van der Waals surface area contributed by atoms with E-state index in [9.17, 15) is 0 Å². The molecule has 0 spiro atoms. The smallest absolute Gasteiger partial charge is 0.101 e. The van der Waals surface area contributed by atoms with Crippen LogP contribution in [0.3, 0.4) is 0 Å². The van der Waals surface area contributed by atoms with E-state index in [0.29, 0.717) is 5.56 Å². The van der Waals surface area contributed by atoms with Gasteiger partial charge in [0, 0.05) is 14.7 Å². The summed E-state index contributed by atoms with van der Waals surface area (Å²) in [6.07, 6.45) is 0. The number of hydrogen-bond donors (Lipinski definition) is 1. The highest BCUT2D eigenvalue weighted by atomic mass is 79.9. The van der Waals surface area contributed by atoms with Gasteiger partial charge in [-0.15, -0.1) is 11.3 Å². The second-order valence-electron chi connectivity index (χ2n) is 2.82. The van der Waals surface area contributed by atoms with Gasteiger partial charge in [-0.25, -0.2) is 0 Å². The summed E-state index contributed by atoms with van der Waals surface area (Å²) in [5.41, 5.74) is 0.660. The Labute approximate surface area is 93.5 Å². The Morgan fingerprint density at radius 3 is 2.93 bits per heavy atom. The van der Waals surface area contributed by atoms with E-state index in [1.807, 2.05) is 12.1 Å². The molecule has 1 heterocycles. The second-order valence-corrected chi connectivity index (χ2v) is 4.81. The summed E-state index contributed by atoms with van der Waals surface area (Å²) < 4.78 is 1.90. The van der Waals surface area contributed by atoms with Crippen molar-refractivity contribution in [1.82, 2.24) is 0 Å². The van der Waals surface area contributed by atoms with Crippen LogP contribution >= 0.6 is 27.3 Å². The Bertz CT molecular complexity index is 527. The number of rotatable bonds is 1. The summed E-state index contributed by atoms with van der Waals surface area (Å²) in [6.45, 7) is 0.0245. The minimum absolute atomic E-state index is 0.0245. The van der Waals surface area contributed by atoms with Gasteiger partial charge in [0.25, 0.3) is 0 Å². The van der Waals surface area contributed by atoms with Crippen LogP contribution in [0.4, 0.5) is 0 Å². The fourth-order valence-corrected chi connectivity index (χ4v) is 2.89. The zero-order valence-corrected chi connectivity index (χ0v) is 9.52. The number of hydrogen-bond acceptors (Lipinski definition) is 3. The average Bonchev–Trinajstić information content (AvgIpc) is 2.63. The molecule has 0 amide bonds. The van der Waals surface area contributed by atoms with E-state index >= 15 is 0 Å². The summed E-state index contributed by atoms with van der Waals surface area (Å²) >= 11 is 4.88. The van der Waals surface area contributed by atoms with Crippen LogP contribution in [0.2, 0.25) is 0 Å². The first kappa shape index (κ1) is 9.66. The molecule has 1 aromatic carbocycles. The number of benzene rings is 1. The molecule has 0 fully saturated rings. The summed E-state index contributed by atoms with van der Waals surface area (Å²) in [5.74, 6) is 0. The van der Waals surface area contributed by atoms with Crippen molar-refractivity contribution >= 4 is 37.4 Å². The molecular weight excluding hydrogens is 262 g/mol. The first-order valence-corrected chi connectivity index (χ1v) is 5.59. The number of aliphatic hydroxyl groups excluding tert-OH is 1. The number of aliphatic hydroxyl groups is 1. The Morgan fingerprint density at radius 2 is 2.29 bits per heavy atom. The quantitative estimate of drug-likeness (QED) is 0.863. The highest BCUT2D eigenvalue weighted by molar-refractivity contribution is 9.10. The van der Waals surface area contributed by atoms with Gasteiger partial charge in [0.05, 0.1) is 16.9 Å². The van der Waals surface area contributed by atoms with Gasteiger partial charge in [0.2, 0.25) is 0 Å². The van der Waals surface area contributed by atoms with Gasteiger partial charge in [0.15, 0.2) is 0 Å². The normalized spacial score (nSPS) is 10.4. The van der Waals surface area contributed by atoms with Crippen molar-refractivity contribution in [2.75, 3.05) is 0 Å². The molecule has 70 valence electrons. The minimum Gasteiger partial charge on any atom is -0.391 e. The van der Waals surface area contributed by atoms with E-state index < -0.39 is 0 Å². The van der Waals surface area contributed by atoms with Crippen LogP contribution in [0, 0.1) is 11.3 Å². The van der Waals surface area contributed by atoms with E-state index in [4.69, 9.17) is 10.4 Å². The van der Waals surface area contributed by atoms with Crippen molar-refractivity contribution in [1.29, 1.82) is 5.26 Å². The van der Waals surface area contributed by atoms with Gasteiger partial charge < -0.3 is 5.11 Å². The Kier molecular flexibility index (Phi) is 2.55. The zero-order valence-electron chi connectivity index (χ0n) is 7.12. The van der Waals surface area contributed by atoms with Crippen molar-refractivity contribution in [2.24, 2.45) is 0 Å². The van der Waals surface area contributed by atoms with E-state index in [1.54, 1.807) is 6.07 Å². The SMILES string of the molecule is N#Cc1ccc(Br)c2cc(CO)sc12. The van der Waals surface area contributed by atoms with Crippen molar-refractivity contribution < 1.29 is 5.11 Å². The number of thiophene rings is 1. The van der Waals surface area contributed by atoms with Crippen LogP contribution in [0.1, 0.15) is 10.4 Å². The lowest BCUT2D eigenvalue weighted by molar-refractivity contribution is 0.285. The highest BCUT2D eigenvalue weighted by Gasteiger charge is 2.08. The fraction of sp³-hybridized carbons (Fsp3) is 0.100. The lowest BCUT2D eigenvalue weighted by Gasteiger charge is -1.94. The highest BCUT2D eigenvalue weighted by Crippen LogP contribution is 2.33. The van der Waals surface area contributed by atoms with Gasteiger partial charge in [0.1, 0.15) is 6.07 Å². The lowest BCUT2D eigenvalue weighted by atomic mass is 10.2. The monoisotopic (exact) mass is 267 g/mol. The third kappa shape index (κ3) is 1.44. The van der Waals surface area contributed by atoms with Crippen molar-refractivity contribution in [3.63, 3.8) is 0 Å². The van der Waals surface area contributed by atoms with Crippen molar-refractivity contribution in [3.8, 4) is 6.07 Å². The third-order valence-corrected chi connectivity index (χ3v) is 3.80. The first-order valence-electron chi connectivity index (χ1n) is 3.98. The molecule has 14 heavy (non-hydrogen) atoms. The zero-order chi connectivity index (χ0) is 10.1. The van der Waals surface area contributed by atoms with Gasteiger partial charge in [-0.1, -0.05) is 15.9 Å². The van der Waals surface area contributed by atoms with Gasteiger partial charge in [-0.3, -0.25) is 0 Å². The average molecular weight is 268 g/mol. The van der Waals surface area contributed by atoms with E-state index in [0.717, 1.165) is 19.4 Å². The fourth-order valence-electron chi connectivity index (χ4n) is 1.31. The predicted octanol–water partition coefficient (Wildman–Crippen LogP) is 3.03. The maximum atomic E-state index is 9.01. The first-order chi connectivity index (χ1) is 6.76. The van der Waals surface area contributed by atoms with Crippen LogP contribution in [0.5, 0.6) is 0 Å². The molecule has 0 unspecified atom stereocenters. The van der Waals surface area contributed by atoms with Crippen LogP contribution in [-0.2, 0) is 6.61 Å². The molecule has 2 rings (SSSR count). The summed E-state index contributed by atoms with van der Waals surface area (Å²) in [4.78, 5) is 0.878. The number of nitrogens with zero attached hydrogens (tertiary/aromatic N) is 1.